The van der Waals surface area contributed by atoms with Gasteiger partial charge in [-0.25, -0.2) is 14.2 Å². The van der Waals surface area contributed by atoms with Crippen molar-refractivity contribution in [2.45, 2.75) is 13.8 Å². The zero-order chi connectivity index (χ0) is 12.6. The number of aryl methyl sites for hydroxylation is 1. The number of rotatable bonds is 2. The first kappa shape index (κ1) is 11.3. The summed E-state index contributed by atoms with van der Waals surface area (Å²) in [4.78, 5) is 14.4. The molecule has 4 nitrogen and oxygen atoms in total. The zero-order valence-corrected chi connectivity index (χ0v) is 9.44. The van der Waals surface area contributed by atoms with Crippen LogP contribution in [0.1, 0.15) is 21.6 Å². The molecule has 0 bridgehead atoms. The number of hydrogen-bond donors (Lipinski definition) is 1. The predicted molar refractivity (Wildman–Crippen MR) is 60.0 cm³/mol. The summed E-state index contributed by atoms with van der Waals surface area (Å²) in [5, 5.41) is 8.76. The number of nitrogens with zero attached hydrogens (tertiary/aromatic N) is 2. The van der Waals surface area contributed by atoms with Gasteiger partial charge in [-0.2, -0.15) is 0 Å². The van der Waals surface area contributed by atoms with E-state index in [0.29, 0.717) is 16.8 Å². The number of carbonyl (C=O) groups is 1. The summed E-state index contributed by atoms with van der Waals surface area (Å²) in [6, 6.07) is 3.39. The van der Waals surface area contributed by atoms with Crippen LogP contribution in [-0.4, -0.2) is 20.6 Å². The van der Waals surface area contributed by atoms with Crippen molar-refractivity contribution < 1.29 is 14.3 Å². The maximum absolute atomic E-state index is 13.7. The maximum atomic E-state index is 13.7. The van der Waals surface area contributed by atoms with Crippen molar-refractivity contribution in [2.75, 3.05) is 0 Å². The van der Waals surface area contributed by atoms with E-state index in [9.17, 15) is 9.18 Å². The summed E-state index contributed by atoms with van der Waals surface area (Å²) in [5.74, 6) is -1.39. The molecule has 2 rings (SSSR count). The minimum atomic E-state index is -1.10. The molecule has 0 unspecified atom stereocenters. The molecule has 0 aliphatic carbocycles. The van der Waals surface area contributed by atoms with Crippen molar-refractivity contribution in [3.8, 4) is 5.69 Å². The van der Waals surface area contributed by atoms with Gasteiger partial charge in [-0.3, -0.25) is 0 Å². The number of benzene rings is 1. The number of halogens is 1. The van der Waals surface area contributed by atoms with E-state index in [0.717, 1.165) is 0 Å². The highest BCUT2D eigenvalue weighted by molar-refractivity contribution is 5.85. The Morgan fingerprint density at radius 2 is 2.12 bits per heavy atom. The molecule has 5 heteroatoms. The van der Waals surface area contributed by atoms with Gasteiger partial charge in [0.15, 0.2) is 5.69 Å². The summed E-state index contributed by atoms with van der Waals surface area (Å²) in [5.41, 5.74) is 1.56. The van der Waals surface area contributed by atoms with Crippen molar-refractivity contribution in [1.29, 1.82) is 0 Å². The van der Waals surface area contributed by atoms with Gasteiger partial charge in [-0.1, -0.05) is 6.07 Å². The Bertz CT molecular complexity index is 590. The lowest BCUT2D eigenvalue weighted by atomic mass is 10.1. The lowest BCUT2D eigenvalue weighted by Gasteiger charge is -2.08. The molecule has 0 radical (unpaired) electrons. The molecule has 0 saturated heterocycles. The summed E-state index contributed by atoms with van der Waals surface area (Å²) in [7, 11) is 0. The van der Waals surface area contributed by atoms with Crippen LogP contribution >= 0.6 is 0 Å². The Morgan fingerprint density at radius 3 is 2.71 bits per heavy atom. The molecule has 0 aliphatic heterocycles. The molecule has 0 amide bonds. The normalized spacial score (nSPS) is 10.5. The third kappa shape index (κ3) is 1.91. The number of hydrogen-bond acceptors (Lipinski definition) is 2. The van der Waals surface area contributed by atoms with Crippen LogP contribution in [0.3, 0.4) is 0 Å². The highest BCUT2D eigenvalue weighted by Gasteiger charge is 2.11. The Balaban J connectivity index is 2.53. The molecule has 0 spiro atoms. The molecule has 17 heavy (non-hydrogen) atoms. The molecular weight excluding hydrogens is 223 g/mol. The van der Waals surface area contributed by atoms with Crippen molar-refractivity contribution >= 4 is 5.97 Å². The van der Waals surface area contributed by atoms with E-state index in [1.165, 1.54) is 17.1 Å². The Labute approximate surface area is 97.3 Å². The summed E-state index contributed by atoms with van der Waals surface area (Å²) >= 11 is 0. The second kappa shape index (κ2) is 4.01. The number of imidazole rings is 1. The van der Waals surface area contributed by atoms with E-state index >= 15 is 0 Å². The summed E-state index contributed by atoms with van der Waals surface area (Å²) < 4.78 is 15.2. The molecule has 88 valence electrons. The number of carboxylic acid groups (broad SMARTS) is 1. The highest BCUT2D eigenvalue weighted by atomic mass is 19.1. The first-order valence-corrected chi connectivity index (χ1v) is 5.04. The first-order valence-electron chi connectivity index (χ1n) is 5.04. The fourth-order valence-corrected chi connectivity index (χ4v) is 1.66. The molecule has 0 atom stereocenters. The van der Waals surface area contributed by atoms with Gasteiger partial charge in [-0.05, 0) is 25.5 Å². The number of aromatic nitrogens is 2. The van der Waals surface area contributed by atoms with Crippen LogP contribution in [0.25, 0.3) is 5.69 Å². The maximum Gasteiger partial charge on any atom is 0.356 e. The lowest BCUT2D eigenvalue weighted by Crippen LogP contribution is -1.99. The third-order valence-electron chi connectivity index (χ3n) is 2.63. The standard InChI is InChI=1S/C12H11FN2O2/c1-7-3-4-10(8(2)11(7)13)15-5-9(12(16)17)14-6-15/h3-6H,1-2H3,(H,16,17). The molecule has 1 aromatic carbocycles. The van der Waals surface area contributed by atoms with Gasteiger partial charge in [0, 0.05) is 11.8 Å². The first-order chi connectivity index (χ1) is 8.00. The fourth-order valence-electron chi connectivity index (χ4n) is 1.66. The average molecular weight is 234 g/mol. The van der Waals surface area contributed by atoms with E-state index in [4.69, 9.17) is 5.11 Å². The quantitative estimate of drug-likeness (QED) is 0.867. The van der Waals surface area contributed by atoms with Crippen LogP contribution in [0.15, 0.2) is 24.7 Å². The van der Waals surface area contributed by atoms with Crippen LogP contribution in [0.2, 0.25) is 0 Å². The molecular formula is C12H11FN2O2. The van der Waals surface area contributed by atoms with E-state index in [1.807, 2.05) is 0 Å². The Morgan fingerprint density at radius 1 is 1.41 bits per heavy atom. The molecule has 1 heterocycles. The van der Waals surface area contributed by atoms with Crippen LogP contribution in [0.5, 0.6) is 0 Å². The van der Waals surface area contributed by atoms with Gasteiger partial charge >= 0.3 is 5.97 Å². The van der Waals surface area contributed by atoms with Gasteiger partial charge in [0.05, 0.1) is 5.69 Å². The third-order valence-corrected chi connectivity index (χ3v) is 2.63. The van der Waals surface area contributed by atoms with Gasteiger partial charge in [-0.15, -0.1) is 0 Å². The van der Waals surface area contributed by atoms with Crippen LogP contribution in [0, 0.1) is 19.7 Å². The highest BCUT2D eigenvalue weighted by Crippen LogP contribution is 2.20. The van der Waals surface area contributed by atoms with E-state index < -0.39 is 5.97 Å². The molecule has 0 fully saturated rings. The molecule has 2 aromatic rings. The van der Waals surface area contributed by atoms with E-state index in [-0.39, 0.29) is 11.5 Å². The van der Waals surface area contributed by atoms with Crippen molar-refractivity contribution in [3.05, 3.63) is 47.3 Å². The zero-order valence-electron chi connectivity index (χ0n) is 9.44. The van der Waals surface area contributed by atoms with E-state index in [2.05, 4.69) is 4.98 Å². The van der Waals surface area contributed by atoms with Crippen LogP contribution in [0.4, 0.5) is 4.39 Å². The minimum Gasteiger partial charge on any atom is -0.476 e. The largest absolute Gasteiger partial charge is 0.476 e. The Hall–Kier alpha value is -2.17. The van der Waals surface area contributed by atoms with Crippen LogP contribution in [-0.2, 0) is 0 Å². The second-order valence-electron chi connectivity index (χ2n) is 3.81. The number of aromatic carboxylic acids is 1. The van der Waals surface area contributed by atoms with E-state index in [1.54, 1.807) is 26.0 Å². The lowest BCUT2D eigenvalue weighted by molar-refractivity contribution is 0.0691. The van der Waals surface area contributed by atoms with Gasteiger partial charge < -0.3 is 9.67 Å². The molecule has 1 aromatic heterocycles. The Kier molecular flexibility index (Phi) is 2.67. The molecule has 1 N–H and O–H groups in total. The second-order valence-corrected chi connectivity index (χ2v) is 3.81. The minimum absolute atomic E-state index is 0.0645. The smallest absolute Gasteiger partial charge is 0.356 e. The SMILES string of the molecule is Cc1ccc(-n2cnc(C(=O)O)c2)c(C)c1F. The molecule has 0 saturated carbocycles. The summed E-state index contributed by atoms with van der Waals surface area (Å²) in [6.45, 7) is 3.33. The molecule has 0 aliphatic rings. The summed E-state index contributed by atoms with van der Waals surface area (Å²) in [6.07, 6.45) is 2.72. The van der Waals surface area contributed by atoms with Crippen molar-refractivity contribution in [1.82, 2.24) is 9.55 Å². The van der Waals surface area contributed by atoms with Crippen molar-refractivity contribution in [2.24, 2.45) is 0 Å². The van der Waals surface area contributed by atoms with Gasteiger partial charge in [0.2, 0.25) is 0 Å². The van der Waals surface area contributed by atoms with Gasteiger partial charge in [0.25, 0.3) is 0 Å². The number of carboxylic acids is 1. The predicted octanol–water partition coefficient (Wildman–Crippen LogP) is 2.33. The van der Waals surface area contributed by atoms with Crippen LogP contribution < -0.4 is 0 Å². The average Bonchev–Trinajstić information content (AvgIpc) is 2.75. The fraction of sp³-hybridized carbons (Fsp3) is 0.167. The topological polar surface area (TPSA) is 55.1 Å². The van der Waals surface area contributed by atoms with Gasteiger partial charge in [0.1, 0.15) is 12.1 Å². The monoisotopic (exact) mass is 234 g/mol. The van der Waals surface area contributed by atoms with Crippen molar-refractivity contribution in [3.63, 3.8) is 0 Å².